The second-order valence-electron chi connectivity index (χ2n) is 7.86. The van der Waals surface area contributed by atoms with Crippen molar-refractivity contribution in [1.29, 1.82) is 0 Å². The summed E-state index contributed by atoms with van der Waals surface area (Å²) in [5, 5.41) is 13.0. The monoisotopic (exact) mass is 433 g/mol. The Bertz CT molecular complexity index is 1140. The minimum Gasteiger partial charge on any atom is -0.503 e. The predicted molar refractivity (Wildman–Crippen MR) is 105 cm³/mol. The van der Waals surface area contributed by atoms with Gasteiger partial charge in [0.1, 0.15) is 17.2 Å². The average molecular weight is 433 g/mol. The lowest BCUT2D eigenvalue weighted by Gasteiger charge is -2.41. The molecule has 0 bridgehead atoms. The summed E-state index contributed by atoms with van der Waals surface area (Å²) in [7, 11) is 0. The highest BCUT2D eigenvalue weighted by Crippen LogP contribution is 2.33. The molecule has 2 aromatic rings. The first kappa shape index (κ1) is 21.0. The summed E-state index contributed by atoms with van der Waals surface area (Å²) in [5.41, 5.74) is -1.30. The van der Waals surface area contributed by atoms with Crippen molar-refractivity contribution in [3.05, 3.63) is 62.6 Å². The Kier molecular flexibility index (Phi) is 5.26. The molecule has 0 spiro atoms. The highest BCUT2D eigenvalue weighted by molar-refractivity contribution is 6.00. The smallest absolute Gasteiger partial charge is 0.274 e. The maximum Gasteiger partial charge on any atom is 0.274 e. The number of benzene rings is 1. The van der Waals surface area contributed by atoms with E-state index in [9.17, 15) is 28.3 Å². The number of aromatic hydroxyl groups is 1. The fourth-order valence-electron chi connectivity index (χ4n) is 4.03. The Hall–Kier alpha value is -3.27. The molecule has 1 aromatic carbocycles. The van der Waals surface area contributed by atoms with Gasteiger partial charge in [-0.2, -0.15) is 0 Å². The molecule has 1 unspecified atom stereocenters. The molecular formula is C21H21F2N3O5. The van der Waals surface area contributed by atoms with E-state index in [0.717, 1.165) is 6.07 Å². The third kappa shape index (κ3) is 3.46. The number of ether oxygens (including phenoxy) is 1. The molecule has 3 heterocycles. The summed E-state index contributed by atoms with van der Waals surface area (Å²) in [5.74, 6) is -3.74. The molecule has 0 radical (unpaired) electrons. The Balaban J connectivity index is 1.74. The number of halogens is 2. The summed E-state index contributed by atoms with van der Waals surface area (Å²) in [6.07, 6.45) is 0. The third-order valence-corrected chi connectivity index (χ3v) is 5.58. The van der Waals surface area contributed by atoms with E-state index in [2.05, 4.69) is 5.32 Å². The van der Waals surface area contributed by atoms with Crippen LogP contribution in [0.1, 0.15) is 52.0 Å². The highest BCUT2D eigenvalue weighted by Gasteiger charge is 2.41. The first-order valence-corrected chi connectivity index (χ1v) is 9.81. The number of aromatic nitrogens is 1. The molecule has 2 amide bonds. The SMILES string of the molecule is CC(C)N1CC2COCc3c(C(=O)NCc4ccc(F)cc4F)c(=O)c(O)c(n32)C1=O. The van der Waals surface area contributed by atoms with Crippen molar-refractivity contribution in [3.8, 4) is 5.75 Å². The normalized spacial score (nSPS) is 17.6. The Morgan fingerprint density at radius 2 is 2.06 bits per heavy atom. The predicted octanol–water partition coefficient (Wildman–Crippen LogP) is 1.70. The molecule has 0 saturated carbocycles. The van der Waals surface area contributed by atoms with Gasteiger partial charge in [-0.1, -0.05) is 6.07 Å². The van der Waals surface area contributed by atoms with Gasteiger partial charge in [0, 0.05) is 30.8 Å². The molecule has 31 heavy (non-hydrogen) atoms. The van der Waals surface area contributed by atoms with E-state index < -0.39 is 34.6 Å². The topological polar surface area (TPSA) is 101 Å². The van der Waals surface area contributed by atoms with Gasteiger partial charge in [0.2, 0.25) is 5.43 Å². The Morgan fingerprint density at radius 3 is 2.74 bits per heavy atom. The van der Waals surface area contributed by atoms with Gasteiger partial charge >= 0.3 is 0 Å². The van der Waals surface area contributed by atoms with Crippen LogP contribution in [0.3, 0.4) is 0 Å². The maximum absolute atomic E-state index is 13.9. The van der Waals surface area contributed by atoms with Crippen molar-refractivity contribution in [3.63, 3.8) is 0 Å². The Labute approximate surface area is 176 Å². The summed E-state index contributed by atoms with van der Waals surface area (Å²) < 4.78 is 34.0. The number of hydrogen-bond donors (Lipinski definition) is 2. The van der Waals surface area contributed by atoms with Crippen LogP contribution >= 0.6 is 0 Å². The molecule has 0 saturated heterocycles. The minimum absolute atomic E-state index is 0.0301. The largest absolute Gasteiger partial charge is 0.503 e. The van der Waals surface area contributed by atoms with E-state index in [0.29, 0.717) is 12.6 Å². The van der Waals surface area contributed by atoms with Gasteiger partial charge in [0.25, 0.3) is 11.8 Å². The van der Waals surface area contributed by atoms with Gasteiger partial charge in [0.15, 0.2) is 11.4 Å². The van der Waals surface area contributed by atoms with Crippen molar-refractivity contribution >= 4 is 11.8 Å². The number of carbonyl (C=O) groups excluding carboxylic acids is 2. The van der Waals surface area contributed by atoms with Gasteiger partial charge in [-0.25, -0.2) is 8.78 Å². The molecule has 8 nitrogen and oxygen atoms in total. The molecule has 10 heteroatoms. The van der Waals surface area contributed by atoms with Crippen molar-refractivity contribution in [2.24, 2.45) is 0 Å². The highest BCUT2D eigenvalue weighted by atomic mass is 19.1. The van der Waals surface area contributed by atoms with E-state index >= 15 is 0 Å². The van der Waals surface area contributed by atoms with Crippen LogP contribution in [0.15, 0.2) is 23.0 Å². The first-order chi connectivity index (χ1) is 14.7. The number of carbonyl (C=O) groups is 2. The second kappa shape index (κ2) is 7.77. The van der Waals surface area contributed by atoms with Crippen molar-refractivity contribution in [2.75, 3.05) is 13.2 Å². The van der Waals surface area contributed by atoms with Crippen LogP contribution in [0.25, 0.3) is 0 Å². The van der Waals surface area contributed by atoms with Crippen molar-refractivity contribution in [1.82, 2.24) is 14.8 Å². The summed E-state index contributed by atoms with van der Waals surface area (Å²) in [6.45, 7) is 3.81. The zero-order chi connectivity index (χ0) is 22.4. The number of nitrogens with one attached hydrogen (secondary N) is 1. The van der Waals surface area contributed by atoms with Crippen molar-refractivity contribution in [2.45, 2.75) is 39.1 Å². The molecule has 164 valence electrons. The zero-order valence-corrected chi connectivity index (χ0v) is 16.9. The van der Waals surface area contributed by atoms with Gasteiger partial charge in [-0.3, -0.25) is 14.4 Å². The molecule has 4 rings (SSSR count). The lowest BCUT2D eigenvalue weighted by atomic mass is 10.0. The Morgan fingerprint density at radius 1 is 1.32 bits per heavy atom. The van der Waals surface area contributed by atoms with Crippen LogP contribution in [0.5, 0.6) is 5.75 Å². The number of pyridine rings is 1. The summed E-state index contributed by atoms with van der Waals surface area (Å²) in [4.78, 5) is 40.2. The molecule has 0 fully saturated rings. The molecule has 2 N–H and O–H groups in total. The van der Waals surface area contributed by atoms with Crippen LogP contribution in [0.2, 0.25) is 0 Å². The van der Waals surface area contributed by atoms with Crippen LogP contribution < -0.4 is 10.7 Å². The van der Waals surface area contributed by atoms with Crippen LogP contribution in [0, 0.1) is 11.6 Å². The molecule has 1 atom stereocenters. The summed E-state index contributed by atoms with van der Waals surface area (Å²) in [6, 6.07) is 2.40. The van der Waals surface area contributed by atoms with Crippen LogP contribution in [-0.4, -0.2) is 45.6 Å². The van der Waals surface area contributed by atoms with Gasteiger partial charge in [-0.05, 0) is 19.9 Å². The van der Waals surface area contributed by atoms with Crippen LogP contribution in [0.4, 0.5) is 8.78 Å². The molecule has 1 aromatic heterocycles. The fraction of sp³-hybridized carbons (Fsp3) is 0.381. The molecule has 0 aliphatic carbocycles. The van der Waals surface area contributed by atoms with E-state index in [-0.39, 0.29) is 54.4 Å². The average Bonchev–Trinajstić information content (AvgIpc) is 2.71. The quantitative estimate of drug-likeness (QED) is 0.765. The van der Waals surface area contributed by atoms with E-state index in [1.165, 1.54) is 15.5 Å². The standard InChI is InChI=1S/C21H21F2N3O5/c1-10(2)25-7-13-8-31-9-15-16(18(27)19(28)17(21(25)30)26(13)15)20(29)24-6-11-3-4-12(22)5-14(11)23/h3-5,10,13,28H,6-9H2,1-2H3,(H,24,29). The van der Waals surface area contributed by atoms with E-state index in [4.69, 9.17) is 4.74 Å². The lowest BCUT2D eigenvalue weighted by molar-refractivity contribution is 0.0192. The first-order valence-electron chi connectivity index (χ1n) is 9.81. The lowest BCUT2D eigenvalue weighted by Crippen LogP contribution is -2.51. The van der Waals surface area contributed by atoms with Crippen LogP contribution in [-0.2, 0) is 17.9 Å². The molecular weight excluding hydrogens is 412 g/mol. The number of hydrogen-bond acceptors (Lipinski definition) is 5. The fourth-order valence-corrected chi connectivity index (χ4v) is 4.03. The minimum atomic E-state index is -0.999. The van der Waals surface area contributed by atoms with Gasteiger partial charge in [0.05, 0.1) is 24.9 Å². The molecule has 2 aliphatic rings. The third-order valence-electron chi connectivity index (χ3n) is 5.58. The number of nitrogens with zero attached hydrogens (tertiary/aromatic N) is 2. The maximum atomic E-state index is 13.9. The number of amides is 2. The number of rotatable bonds is 4. The van der Waals surface area contributed by atoms with E-state index in [1.54, 1.807) is 0 Å². The van der Waals surface area contributed by atoms with E-state index in [1.807, 2.05) is 13.8 Å². The van der Waals surface area contributed by atoms with Gasteiger partial charge < -0.3 is 24.6 Å². The van der Waals surface area contributed by atoms with Crippen molar-refractivity contribution < 1.29 is 28.2 Å². The summed E-state index contributed by atoms with van der Waals surface area (Å²) >= 11 is 0. The molecule has 2 aliphatic heterocycles. The zero-order valence-electron chi connectivity index (χ0n) is 16.9. The second-order valence-corrected chi connectivity index (χ2v) is 7.86. The van der Waals surface area contributed by atoms with Gasteiger partial charge in [-0.15, -0.1) is 0 Å².